The Morgan fingerprint density at radius 1 is 0.935 bits per heavy atom. The third-order valence-corrected chi connectivity index (χ3v) is 6.10. The van der Waals surface area contributed by atoms with Crippen LogP contribution in [0.2, 0.25) is 0 Å². The molecule has 0 aliphatic carbocycles. The van der Waals surface area contributed by atoms with Crippen LogP contribution in [0.1, 0.15) is 19.4 Å². The van der Waals surface area contributed by atoms with Gasteiger partial charge in [-0.2, -0.15) is 8.42 Å². The zero-order valence-corrected chi connectivity index (χ0v) is 20.1. The van der Waals surface area contributed by atoms with Gasteiger partial charge in [0.1, 0.15) is 10.6 Å². The van der Waals surface area contributed by atoms with Gasteiger partial charge in [0.2, 0.25) is 0 Å². The highest BCUT2D eigenvalue weighted by molar-refractivity contribution is 14.1. The summed E-state index contributed by atoms with van der Waals surface area (Å²) in [6, 6.07) is 18.9. The third kappa shape index (κ3) is 6.20. The van der Waals surface area contributed by atoms with Crippen LogP contribution in [0.5, 0.6) is 17.2 Å². The Labute approximate surface area is 196 Å². The van der Waals surface area contributed by atoms with Gasteiger partial charge in [0.15, 0.2) is 11.5 Å². The molecule has 0 saturated heterocycles. The van der Waals surface area contributed by atoms with E-state index < -0.39 is 10.1 Å². The number of hydrogen-bond donors (Lipinski definition) is 0. The van der Waals surface area contributed by atoms with Crippen molar-refractivity contribution in [3.05, 3.63) is 75.9 Å². The van der Waals surface area contributed by atoms with Gasteiger partial charge in [-0.15, -0.1) is 0 Å². The van der Waals surface area contributed by atoms with Crippen LogP contribution in [0.15, 0.2) is 76.6 Å². The summed E-state index contributed by atoms with van der Waals surface area (Å²) in [6.07, 6.45) is 1.69. The highest BCUT2D eigenvalue weighted by atomic mass is 127. The van der Waals surface area contributed by atoms with Crippen LogP contribution >= 0.6 is 22.6 Å². The minimum absolute atomic E-state index is 0.0781. The molecular formula is C23H22INO5S. The Balaban J connectivity index is 1.88. The fourth-order valence-corrected chi connectivity index (χ4v) is 4.56. The average Bonchev–Trinajstić information content (AvgIpc) is 2.77. The molecule has 6 nitrogen and oxygen atoms in total. The van der Waals surface area contributed by atoms with E-state index in [4.69, 9.17) is 13.7 Å². The summed E-state index contributed by atoms with van der Waals surface area (Å²) in [5.74, 6) is 1.28. The molecule has 0 spiro atoms. The second-order valence-electron chi connectivity index (χ2n) is 6.30. The maximum atomic E-state index is 12.7. The highest BCUT2D eigenvalue weighted by Crippen LogP contribution is 2.36. The minimum Gasteiger partial charge on any atom is -0.494 e. The van der Waals surface area contributed by atoms with Crippen molar-refractivity contribution in [2.24, 2.45) is 4.99 Å². The van der Waals surface area contributed by atoms with Crippen LogP contribution in [-0.4, -0.2) is 27.8 Å². The van der Waals surface area contributed by atoms with Crippen molar-refractivity contribution in [1.82, 2.24) is 0 Å². The van der Waals surface area contributed by atoms with Gasteiger partial charge in [0.25, 0.3) is 0 Å². The van der Waals surface area contributed by atoms with Gasteiger partial charge in [-0.3, -0.25) is 4.99 Å². The molecule has 0 fully saturated rings. The van der Waals surface area contributed by atoms with Crippen molar-refractivity contribution in [3.8, 4) is 17.2 Å². The molecule has 31 heavy (non-hydrogen) atoms. The van der Waals surface area contributed by atoms with Gasteiger partial charge in [0, 0.05) is 6.21 Å². The normalized spacial score (nSPS) is 11.5. The molecule has 0 saturated carbocycles. The molecule has 0 atom stereocenters. The summed E-state index contributed by atoms with van der Waals surface area (Å²) < 4.78 is 42.5. The number of aliphatic imine (C=N–C) groups is 1. The van der Waals surface area contributed by atoms with Crippen LogP contribution < -0.4 is 13.7 Å². The molecule has 3 aromatic rings. The largest absolute Gasteiger partial charge is 0.494 e. The Kier molecular flexibility index (Phi) is 7.91. The summed E-state index contributed by atoms with van der Waals surface area (Å²) in [5, 5.41) is 0. The van der Waals surface area contributed by atoms with E-state index in [1.165, 1.54) is 12.1 Å². The van der Waals surface area contributed by atoms with E-state index in [2.05, 4.69) is 4.99 Å². The van der Waals surface area contributed by atoms with Gasteiger partial charge in [-0.25, -0.2) is 0 Å². The first-order valence-electron chi connectivity index (χ1n) is 9.65. The molecule has 0 unspecified atom stereocenters. The summed E-state index contributed by atoms with van der Waals surface area (Å²) >= 11 is 2.03. The lowest BCUT2D eigenvalue weighted by atomic mass is 10.2. The fraction of sp³-hybridized carbons (Fsp3) is 0.174. The van der Waals surface area contributed by atoms with Crippen LogP contribution in [0.4, 0.5) is 5.69 Å². The number of ether oxygens (including phenoxy) is 2. The van der Waals surface area contributed by atoms with Crippen LogP contribution in [0.3, 0.4) is 0 Å². The third-order valence-electron chi connectivity index (χ3n) is 4.07. The molecule has 0 aromatic heterocycles. The number of nitrogens with zero attached hydrogens (tertiary/aromatic N) is 1. The first-order chi connectivity index (χ1) is 14.9. The van der Waals surface area contributed by atoms with E-state index in [1.54, 1.807) is 36.5 Å². The Bertz CT molecular complexity index is 1150. The SMILES string of the molecule is CCOc1ccc(N=Cc2cc(I)c(OS(=O)(=O)c3ccccc3)c(OCC)c2)cc1. The molecule has 3 aromatic carbocycles. The Morgan fingerprint density at radius 3 is 2.26 bits per heavy atom. The molecule has 0 N–H and O–H groups in total. The molecule has 3 rings (SSSR count). The zero-order valence-electron chi connectivity index (χ0n) is 17.1. The predicted octanol–water partition coefficient (Wildman–Crippen LogP) is 5.61. The van der Waals surface area contributed by atoms with Crippen LogP contribution in [-0.2, 0) is 10.1 Å². The highest BCUT2D eigenvalue weighted by Gasteiger charge is 2.21. The summed E-state index contributed by atoms with van der Waals surface area (Å²) in [7, 11) is -3.98. The van der Waals surface area contributed by atoms with Gasteiger partial charge < -0.3 is 13.7 Å². The Morgan fingerprint density at radius 2 is 1.61 bits per heavy atom. The minimum atomic E-state index is -3.98. The van der Waals surface area contributed by atoms with E-state index in [-0.39, 0.29) is 10.6 Å². The van der Waals surface area contributed by atoms with Crippen molar-refractivity contribution >= 4 is 44.6 Å². The standard InChI is InChI=1S/C23H22INO5S/c1-3-28-19-12-10-18(11-13-19)25-16-17-14-21(24)23(22(15-17)29-4-2)30-31(26,27)20-8-6-5-7-9-20/h5-16H,3-4H2,1-2H3. The van der Waals surface area contributed by atoms with Gasteiger partial charge in [-0.1, -0.05) is 18.2 Å². The average molecular weight is 551 g/mol. The molecule has 0 amide bonds. The molecular weight excluding hydrogens is 529 g/mol. The van der Waals surface area contributed by atoms with Gasteiger partial charge in [-0.05, 0) is 90.5 Å². The van der Waals surface area contributed by atoms with E-state index >= 15 is 0 Å². The maximum Gasteiger partial charge on any atom is 0.339 e. The van der Waals surface area contributed by atoms with E-state index in [1.807, 2.05) is 60.7 Å². The number of rotatable bonds is 9. The number of hydrogen-bond acceptors (Lipinski definition) is 6. The van der Waals surface area contributed by atoms with Crippen LogP contribution in [0, 0.1) is 3.57 Å². The van der Waals surface area contributed by atoms with Gasteiger partial charge in [0.05, 0.1) is 22.5 Å². The van der Waals surface area contributed by atoms with Crippen molar-refractivity contribution in [2.45, 2.75) is 18.7 Å². The van der Waals surface area contributed by atoms with Crippen molar-refractivity contribution in [1.29, 1.82) is 0 Å². The van der Waals surface area contributed by atoms with Crippen molar-refractivity contribution in [2.75, 3.05) is 13.2 Å². The molecule has 0 aliphatic rings. The predicted molar refractivity (Wildman–Crippen MR) is 129 cm³/mol. The smallest absolute Gasteiger partial charge is 0.339 e. The van der Waals surface area contributed by atoms with E-state index in [9.17, 15) is 8.42 Å². The summed E-state index contributed by atoms with van der Waals surface area (Å²) in [5.41, 5.74) is 1.52. The second kappa shape index (κ2) is 10.6. The lowest BCUT2D eigenvalue weighted by molar-refractivity contribution is 0.327. The maximum absolute atomic E-state index is 12.7. The van der Waals surface area contributed by atoms with Crippen LogP contribution in [0.25, 0.3) is 0 Å². The number of benzene rings is 3. The molecule has 162 valence electrons. The van der Waals surface area contributed by atoms with Gasteiger partial charge >= 0.3 is 10.1 Å². The Hall–Kier alpha value is -2.59. The first-order valence-corrected chi connectivity index (χ1v) is 12.1. The zero-order chi connectivity index (χ0) is 22.3. The second-order valence-corrected chi connectivity index (χ2v) is 9.01. The topological polar surface area (TPSA) is 74.2 Å². The van der Waals surface area contributed by atoms with Crippen molar-refractivity contribution < 1.29 is 22.1 Å². The molecule has 0 radical (unpaired) electrons. The quantitative estimate of drug-likeness (QED) is 0.197. The lowest BCUT2D eigenvalue weighted by Gasteiger charge is -2.14. The fourth-order valence-electron chi connectivity index (χ4n) is 2.70. The summed E-state index contributed by atoms with van der Waals surface area (Å²) in [4.78, 5) is 4.55. The van der Waals surface area contributed by atoms with Crippen molar-refractivity contribution in [3.63, 3.8) is 0 Å². The molecule has 0 heterocycles. The molecule has 8 heteroatoms. The summed E-state index contributed by atoms with van der Waals surface area (Å²) in [6.45, 7) is 4.72. The molecule has 0 bridgehead atoms. The molecule has 0 aliphatic heterocycles. The van der Waals surface area contributed by atoms with E-state index in [0.717, 1.165) is 17.0 Å². The monoisotopic (exact) mass is 551 g/mol. The first kappa shape index (κ1) is 23.1. The number of halogens is 1. The lowest BCUT2D eigenvalue weighted by Crippen LogP contribution is -2.12. The van der Waals surface area contributed by atoms with E-state index in [0.29, 0.717) is 22.5 Å².